The van der Waals surface area contributed by atoms with Crippen molar-refractivity contribution in [1.29, 1.82) is 0 Å². The number of aromatic nitrogens is 1. The van der Waals surface area contributed by atoms with Crippen LogP contribution in [0.3, 0.4) is 0 Å². The number of nitrogens with zero attached hydrogens (tertiary/aromatic N) is 3. The molecule has 0 aliphatic rings. The Hall–Kier alpha value is -2.12. The van der Waals surface area contributed by atoms with Gasteiger partial charge in [-0.25, -0.2) is 4.79 Å². The number of rotatable bonds is 16. The highest BCUT2D eigenvalue weighted by Crippen LogP contribution is 2.58. The van der Waals surface area contributed by atoms with E-state index in [4.69, 9.17) is 35.9 Å². The van der Waals surface area contributed by atoms with E-state index in [2.05, 4.69) is 9.88 Å². The molecule has 0 saturated heterocycles. The van der Waals surface area contributed by atoms with Crippen LogP contribution in [-0.4, -0.2) is 91.0 Å². The quantitative estimate of drug-likeness (QED) is 0.116. The van der Waals surface area contributed by atoms with Crippen molar-refractivity contribution in [2.75, 3.05) is 37.7 Å². The standard InChI is InChI=1S/C24H37ClN4O10P2/c1-3-28(13-14-30)12-4-6-17(2)29(21-10-11-26-20-16-18(25)8-9-19(20)21)24(32)39-15-5-7-22(31)27-23(40(33,34)35)41(36,37)38/h8-11,16-17,23,30H,3-7,12-15H2,1-2H3,(H,27,31)(H2,33,34,35)(H2,36,37,38). The summed E-state index contributed by atoms with van der Waals surface area (Å²) in [5.74, 6) is -1.02. The van der Waals surface area contributed by atoms with Gasteiger partial charge in [-0.05, 0) is 63.5 Å². The van der Waals surface area contributed by atoms with Gasteiger partial charge in [0.05, 0.1) is 24.4 Å². The summed E-state index contributed by atoms with van der Waals surface area (Å²) < 4.78 is 28.2. The van der Waals surface area contributed by atoms with Crippen LogP contribution >= 0.6 is 26.8 Å². The number of carbonyl (C=O) groups excluding carboxylic acids is 2. The molecule has 0 bridgehead atoms. The summed E-state index contributed by atoms with van der Waals surface area (Å²) >= 11 is 6.12. The minimum Gasteiger partial charge on any atom is -0.449 e. The summed E-state index contributed by atoms with van der Waals surface area (Å²) in [4.78, 5) is 69.9. The van der Waals surface area contributed by atoms with Crippen LogP contribution in [0.15, 0.2) is 30.5 Å². The van der Waals surface area contributed by atoms with E-state index in [-0.39, 0.29) is 25.7 Å². The van der Waals surface area contributed by atoms with Crippen molar-refractivity contribution in [3.8, 4) is 0 Å². The van der Waals surface area contributed by atoms with Crippen LogP contribution < -0.4 is 10.2 Å². The molecule has 1 heterocycles. The Kier molecular flexibility index (Phi) is 13.6. The number of aliphatic hydroxyl groups excluding tert-OH is 1. The van der Waals surface area contributed by atoms with Gasteiger partial charge in [-0.3, -0.25) is 23.8 Å². The van der Waals surface area contributed by atoms with E-state index < -0.39 is 39.1 Å². The second kappa shape index (κ2) is 15.9. The summed E-state index contributed by atoms with van der Waals surface area (Å²) in [6.45, 7) is 5.69. The molecule has 17 heteroatoms. The zero-order valence-corrected chi connectivity index (χ0v) is 25.3. The number of anilines is 1. The van der Waals surface area contributed by atoms with Crippen molar-refractivity contribution >= 4 is 55.4 Å². The Morgan fingerprint density at radius 3 is 2.39 bits per heavy atom. The smallest absolute Gasteiger partial charge is 0.414 e. The number of carbonyl (C=O) groups is 2. The summed E-state index contributed by atoms with van der Waals surface area (Å²) in [6, 6.07) is 6.44. The van der Waals surface area contributed by atoms with Crippen LogP contribution in [0.5, 0.6) is 0 Å². The van der Waals surface area contributed by atoms with Gasteiger partial charge in [0.15, 0.2) is 0 Å². The fourth-order valence-corrected chi connectivity index (χ4v) is 6.54. The van der Waals surface area contributed by atoms with E-state index in [0.29, 0.717) is 34.6 Å². The Morgan fingerprint density at radius 2 is 1.78 bits per heavy atom. The SMILES string of the molecule is CCN(CCO)CCCC(C)N(C(=O)OCCCC(=O)NC(P(=O)(O)O)P(=O)(O)O)c1ccnc2cc(Cl)ccc12. The van der Waals surface area contributed by atoms with Crippen molar-refractivity contribution in [3.63, 3.8) is 0 Å². The van der Waals surface area contributed by atoms with E-state index >= 15 is 0 Å². The average molecular weight is 639 g/mol. The van der Waals surface area contributed by atoms with Crippen molar-refractivity contribution in [1.82, 2.24) is 15.2 Å². The van der Waals surface area contributed by atoms with Gasteiger partial charge < -0.3 is 39.6 Å². The van der Waals surface area contributed by atoms with Crippen LogP contribution in [0, 0.1) is 0 Å². The van der Waals surface area contributed by atoms with E-state index in [1.807, 2.05) is 13.8 Å². The highest BCUT2D eigenvalue weighted by atomic mass is 35.5. The van der Waals surface area contributed by atoms with E-state index in [1.54, 1.807) is 35.8 Å². The molecule has 0 fully saturated rings. The molecular weight excluding hydrogens is 602 g/mol. The molecule has 41 heavy (non-hydrogen) atoms. The van der Waals surface area contributed by atoms with Crippen LogP contribution in [-0.2, 0) is 18.7 Å². The zero-order valence-electron chi connectivity index (χ0n) is 22.8. The van der Waals surface area contributed by atoms with Crippen molar-refractivity contribution in [2.45, 2.75) is 51.1 Å². The van der Waals surface area contributed by atoms with Gasteiger partial charge >= 0.3 is 21.3 Å². The number of amides is 2. The fourth-order valence-electron chi connectivity index (χ4n) is 4.18. The molecule has 0 aliphatic heterocycles. The Balaban J connectivity index is 2.13. The lowest BCUT2D eigenvalue weighted by molar-refractivity contribution is -0.121. The lowest BCUT2D eigenvalue weighted by Crippen LogP contribution is -2.40. The predicted molar refractivity (Wildman–Crippen MR) is 154 cm³/mol. The lowest BCUT2D eigenvalue weighted by Gasteiger charge is -2.30. The number of halogens is 1. The number of ether oxygens (including phenoxy) is 1. The average Bonchev–Trinajstić information content (AvgIpc) is 2.88. The third-order valence-corrected chi connectivity index (χ3v) is 9.81. The number of aliphatic hydroxyl groups is 1. The molecule has 0 radical (unpaired) electrons. The minimum absolute atomic E-state index is 0.0463. The highest BCUT2D eigenvalue weighted by molar-refractivity contribution is 7.70. The first-order valence-corrected chi connectivity index (χ1v) is 16.7. The maximum absolute atomic E-state index is 13.3. The Labute approximate surface area is 243 Å². The maximum Gasteiger partial charge on any atom is 0.414 e. The predicted octanol–water partition coefficient (Wildman–Crippen LogP) is 2.85. The number of likely N-dealkylation sites (N-methyl/N-ethyl adjacent to an activating group) is 1. The Morgan fingerprint density at radius 1 is 1.10 bits per heavy atom. The lowest BCUT2D eigenvalue weighted by atomic mass is 10.1. The maximum atomic E-state index is 13.3. The number of nitrogens with one attached hydrogen (secondary N) is 1. The zero-order chi connectivity index (χ0) is 30.8. The van der Waals surface area contributed by atoms with Gasteiger partial charge in [0.25, 0.3) is 0 Å². The molecule has 2 rings (SSSR count). The summed E-state index contributed by atoms with van der Waals surface area (Å²) in [7, 11) is -10.7. The first-order chi connectivity index (χ1) is 19.2. The van der Waals surface area contributed by atoms with E-state index in [1.165, 1.54) is 4.90 Å². The molecule has 0 spiro atoms. The van der Waals surface area contributed by atoms with Gasteiger partial charge in [-0.2, -0.15) is 0 Å². The molecule has 14 nitrogen and oxygen atoms in total. The first-order valence-electron chi connectivity index (χ1n) is 12.9. The highest BCUT2D eigenvalue weighted by Gasteiger charge is 2.44. The second-order valence-corrected chi connectivity index (χ2v) is 13.6. The van der Waals surface area contributed by atoms with Crippen molar-refractivity contribution in [3.05, 3.63) is 35.5 Å². The monoisotopic (exact) mass is 638 g/mol. The van der Waals surface area contributed by atoms with Gasteiger partial charge in [0.2, 0.25) is 11.4 Å². The van der Waals surface area contributed by atoms with Crippen molar-refractivity contribution in [2.24, 2.45) is 0 Å². The molecule has 1 atom stereocenters. The van der Waals surface area contributed by atoms with Crippen LogP contribution in [0.25, 0.3) is 10.9 Å². The molecular formula is C24H37ClN4O10P2. The topological polar surface area (TPSA) is 210 Å². The van der Waals surface area contributed by atoms with E-state index in [0.717, 1.165) is 19.5 Å². The van der Waals surface area contributed by atoms with Gasteiger partial charge in [0.1, 0.15) is 0 Å². The Bertz CT molecular complexity index is 1250. The molecule has 0 aliphatic carbocycles. The normalized spacial score (nSPS) is 13.0. The second-order valence-electron chi connectivity index (χ2n) is 9.35. The van der Waals surface area contributed by atoms with Crippen molar-refractivity contribution < 1.29 is 48.1 Å². The third kappa shape index (κ3) is 10.9. The molecule has 0 saturated carbocycles. The molecule has 230 valence electrons. The number of hydrogen-bond donors (Lipinski definition) is 6. The molecule has 1 aromatic heterocycles. The number of hydrogen-bond acceptors (Lipinski definition) is 8. The molecule has 1 unspecified atom stereocenters. The largest absolute Gasteiger partial charge is 0.449 e. The van der Waals surface area contributed by atoms with Crippen LogP contribution in [0.2, 0.25) is 5.02 Å². The minimum atomic E-state index is -5.33. The first kappa shape index (κ1) is 35.1. The van der Waals surface area contributed by atoms with E-state index in [9.17, 15) is 23.8 Å². The fraction of sp³-hybridized carbons (Fsp3) is 0.542. The summed E-state index contributed by atoms with van der Waals surface area (Å²) in [6.07, 6.45) is 1.69. The molecule has 2 aromatic rings. The van der Waals surface area contributed by atoms with Gasteiger partial charge in [0, 0.05) is 35.6 Å². The van der Waals surface area contributed by atoms with Gasteiger partial charge in [-0.15, -0.1) is 0 Å². The summed E-state index contributed by atoms with van der Waals surface area (Å²) in [5.41, 5.74) is -1.55. The number of fused-ring (bicyclic) bond motifs is 1. The van der Waals surface area contributed by atoms with Crippen LogP contribution in [0.4, 0.5) is 10.5 Å². The molecule has 1 aromatic carbocycles. The molecule has 6 N–H and O–H groups in total. The molecule has 2 amide bonds. The van der Waals surface area contributed by atoms with Gasteiger partial charge in [-0.1, -0.05) is 18.5 Å². The van der Waals surface area contributed by atoms with Crippen LogP contribution in [0.1, 0.15) is 39.5 Å². The number of pyridine rings is 1. The number of benzene rings is 1. The third-order valence-electron chi connectivity index (χ3n) is 6.24. The summed E-state index contributed by atoms with van der Waals surface area (Å²) in [5, 5.41) is 12.0.